The highest BCUT2D eigenvalue weighted by molar-refractivity contribution is 6.01. The number of nitrogens with one attached hydrogen (secondary N) is 3. The number of nitrogens with zero attached hydrogens (tertiary/aromatic N) is 3. The van der Waals surface area contributed by atoms with Crippen LogP contribution in [-0.4, -0.2) is 45.1 Å². The van der Waals surface area contributed by atoms with Crippen LogP contribution >= 0.6 is 0 Å². The van der Waals surface area contributed by atoms with Crippen molar-refractivity contribution in [3.63, 3.8) is 0 Å². The molecular formula is C19H24N6. The van der Waals surface area contributed by atoms with Gasteiger partial charge in [-0.25, -0.2) is 9.97 Å². The number of aromatic amines is 2. The van der Waals surface area contributed by atoms with E-state index in [9.17, 15) is 0 Å². The number of pyridine rings is 1. The number of anilines is 1. The van der Waals surface area contributed by atoms with Crippen LogP contribution in [0.15, 0.2) is 30.9 Å². The Kier molecular flexibility index (Phi) is 3.52. The zero-order valence-electron chi connectivity index (χ0n) is 14.4. The van der Waals surface area contributed by atoms with Gasteiger partial charge in [0.2, 0.25) is 0 Å². The summed E-state index contributed by atoms with van der Waals surface area (Å²) >= 11 is 0. The van der Waals surface area contributed by atoms with E-state index in [4.69, 9.17) is 0 Å². The van der Waals surface area contributed by atoms with Gasteiger partial charge in [-0.2, -0.15) is 0 Å². The molecule has 0 amide bonds. The monoisotopic (exact) mass is 336 g/mol. The van der Waals surface area contributed by atoms with Gasteiger partial charge in [0.25, 0.3) is 0 Å². The van der Waals surface area contributed by atoms with E-state index < -0.39 is 0 Å². The van der Waals surface area contributed by atoms with Crippen molar-refractivity contribution in [2.45, 2.75) is 37.6 Å². The summed E-state index contributed by atoms with van der Waals surface area (Å²) in [5.41, 5.74) is 3.58. The summed E-state index contributed by atoms with van der Waals surface area (Å²) in [5.74, 6) is 0.892. The topological polar surface area (TPSA) is 72.6 Å². The molecule has 5 heterocycles. The Morgan fingerprint density at radius 3 is 2.84 bits per heavy atom. The van der Waals surface area contributed by atoms with Gasteiger partial charge >= 0.3 is 0 Å². The molecule has 6 heteroatoms. The SMILES string of the molecule is c1c[nH]c(-c2c[nH]c3nccc(N4CCC[C@]5(CCCCN5)C4)c23)n1. The van der Waals surface area contributed by atoms with Gasteiger partial charge in [-0.1, -0.05) is 6.42 Å². The van der Waals surface area contributed by atoms with Crippen LogP contribution in [0.2, 0.25) is 0 Å². The lowest BCUT2D eigenvalue weighted by Crippen LogP contribution is -2.59. The second-order valence-corrected chi connectivity index (χ2v) is 7.38. The van der Waals surface area contributed by atoms with Crippen LogP contribution in [0.1, 0.15) is 32.1 Å². The van der Waals surface area contributed by atoms with Gasteiger partial charge in [0.15, 0.2) is 0 Å². The third-order valence-electron chi connectivity index (χ3n) is 5.80. The average molecular weight is 336 g/mol. The molecule has 3 aromatic rings. The number of aromatic nitrogens is 4. The molecule has 0 aromatic carbocycles. The highest BCUT2D eigenvalue weighted by Gasteiger charge is 2.37. The predicted octanol–water partition coefficient (Wildman–Crippen LogP) is 3.07. The van der Waals surface area contributed by atoms with Crippen LogP contribution in [0.5, 0.6) is 0 Å². The highest BCUT2D eigenvalue weighted by atomic mass is 15.2. The van der Waals surface area contributed by atoms with E-state index in [0.29, 0.717) is 0 Å². The highest BCUT2D eigenvalue weighted by Crippen LogP contribution is 2.37. The smallest absolute Gasteiger partial charge is 0.140 e. The van der Waals surface area contributed by atoms with Gasteiger partial charge in [-0.05, 0) is 38.3 Å². The summed E-state index contributed by atoms with van der Waals surface area (Å²) < 4.78 is 0. The molecule has 0 radical (unpaired) electrons. The molecule has 25 heavy (non-hydrogen) atoms. The van der Waals surface area contributed by atoms with E-state index in [1.165, 1.54) is 43.2 Å². The molecule has 3 aromatic heterocycles. The number of fused-ring (bicyclic) bond motifs is 1. The molecule has 2 aliphatic rings. The van der Waals surface area contributed by atoms with Gasteiger partial charge in [-0.3, -0.25) is 0 Å². The molecule has 0 aliphatic carbocycles. The van der Waals surface area contributed by atoms with Gasteiger partial charge in [0.1, 0.15) is 11.5 Å². The molecule has 1 atom stereocenters. The molecular weight excluding hydrogens is 312 g/mol. The molecule has 3 N–H and O–H groups in total. The number of H-pyrrole nitrogens is 2. The van der Waals surface area contributed by atoms with Crippen molar-refractivity contribution >= 4 is 16.7 Å². The predicted molar refractivity (Wildman–Crippen MR) is 99.7 cm³/mol. The fourth-order valence-corrected chi connectivity index (χ4v) is 4.62. The lowest BCUT2D eigenvalue weighted by molar-refractivity contribution is 0.216. The summed E-state index contributed by atoms with van der Waals surface area (Å²) in [6, 6.07) is 2.16. The molecule has 0 unspecified atom stereocenters. The fraction of sp³-hybridized carbons (Fsp3) is 0.474. The third-order valence-corrected chi connectivity index (χ3v) is 5.80. The Morgan fingerprint density at radius 1 is 1.04 bits per heavy atom. The van der Waals surface area contributed by atoms with E-state index >= 15 is 0 Å². The standard InChI is InChI=1S/C19H24N6/c1-2-7-24-19(5-1)6-3-11-25(13-19)15-4-8-20-18-16(15)14(12-23-18)17-21-9-10-22-17/h4,8-10,12,24H,1-3,5-7,11,13H2,(H,20,23)(H,21,22)/t19-/m1/s1. The minimum absolute atomic E-state index is 0.285. The first-order chi connectivity index (χ1) is 12.3. The van der Waals surface area contributed by atoms with E-state index in [1.54, 1.807) is 6.20 Å². The van der Waals surface area contributed by atoms with Gasteiger partial charge in [-0.15, -0.1) is 0 Å². The Bertz CT molecular complexity index is 854. The number of imidazole rings is 1. The molecule has 130 valence electrons. The Labute approximate surface area is 147 Å². The van der Waals surface area contributed by atoms with Crippen LogP contribution in [0.4, 0.5) is 5.69 Å². The van der Waals surface area contributed by atoms with E-state index in [1.807, 2.05) is 18.6 Å². The lowest BCUT2D eigenvalue weighted by atomic mass is 9.81. The van der Waals surface area contributed by atoms with Crippen molar-refractivity contribution in [3.8, 4) is 11.4 Å². The summed E-state index contributed by atoms with van der Waals surface area (Å²) in [6.07, 6.45) is 14.0. The molecule has 1 spiro atoms. The summed E-state index contributed by atoms with van der Waals surface area (Å²) in [6.45, 7) is 3.33. The van der Waals surface area contributed by atoms with Crippen LogP contribution in [0, 0.1) is 0 Å². The average Bonchev–Trinajstić information content (AvgIpc) is 3.31. The summed E-state index contributed by atoms with van der Waals surface area (Å²) in [7, 11) is 0. The number of rotatable bonds is 2. The van der Waals surface area contributed by atoms with Crippen molar-refractivity contribution in [3.05, 3.63) is 30.9 Å². The first-order valence-corrected chi connectivity index (χ1v) is 9.31. The lowest BCUT2D eigenvalue weighted by Gasteiger charge is -2.47. The number of piperidine rings is 2. The minimum Gasteiger partial charge on any atom is -0.369 e. The molecule has 0 saturated carbocycles. The first kappa shape index (κ1) is 15.0. The fourth-order valence-electron chi connectivity index (χ4n) is 4.62. The van der Waals surface area contributed by atoms with Gasteiger partial charge in [0, 0.05) is 49.0 Å². The minimum atomic E-state index is 0.285. The van der Waals surface area contributed by atoms with Crippen molar-refractivity contribution in [1.82, 2.24) is 25.3 Å². The normalized spacial score (nSPS) is 24.2. The maximum atomic E-state index is 4.53. The molecule has 6 nitrogen and oxygen atoms in total. The Balaban J connectivity index is 1.57. The van der Waals surface area contributed by atoms with Crippen LogP contribution < -0.4 is 10.2 Å². The molecule has 2 saturated heterocycles. The molecule has 2 fully saturated rings. The molecule has 2 aliphatic heterocycles. The second kappa shape index (κ2) is 5.88. The van der Waals surface area contributed by atoms with E-state index in [2.05, 4.69) is 36.2 Å². The third kappa shape index (κ3) is 2.52. The van der Waals surface area contributed by atoms with Gasteiger partial charge < -0.3 is 20.2 Å². The van der Waals surface area contributed by atoms with Crippen LogP contribution in [0.3, 0.4) is 0 Å². The number of hydrogen-bond acceptors (Lipinski definition) is 4. The summed E-state index contributed by atoms with van der Waals surface area (Å²) in [4.78, 5) is 18.1. The zero-order chi connectivity index (χ0) is 16.7. The van der Waals surface area contributed by atoms with E-state index in [0.717, 1.165) is 36.7 Å². The van der Waals surface area contributed by atoms with Crippen molar-refractivity contribution in [1.29, 1.82) is 0 Å². The zero-order valence-corrected chi connectivity index (χ0v) is 14.4. The maximum Gasteiger partial charge on any atom is 0.140 e. The summed E-state index contributed by atoms with van der Waals surface area (Å²) in [5, 5.41) is 5.01. The van der Waals surface area contributed by atoms with Crippen molar-refractivity contribution < 1.29 is 0 Å². The Morgan fingerprint density at radius 2 is 2.00 bits per heavy atom. The maximum absolute atomic E-state index is 4.53. The largest absolute Gasteiger partial charge is 0.369 e. The van der Waals surface area contributed by atoms with Gasteiger partial charge in [0.05, 0.1) is 11.1 Å². The second-order valence-electron chi connectivity index (χ2n) is 7.38. The molecule has 0 bridgehead atoms. The first-order valence-electron chi connectivity index (χ1n) is 9.31. The molecule has 5 rings (SSSR count). The Hall–Kier alpha value is -2.34. The van der Waals surface area contributed by atoms with Crippen LogP contribution in [0.25, 0.3) is 22.4 Å². The van der Waals surface area contributed by atoms with Crippen LogP contribution in [-0.2, 0) is 0 Å². The van der Waals surface area contributed by atoms with Crippen molar-refractivity contribution in [2.24, 2.45) is 0 Å². The van der Waals surface area contributed by atoms with Crippen molar-refractivity contribution in [2.75, 3.05) is 24.5 Å². The number of hydrogen-bond donors (Lipinski definition) is 3. The quantitative estimate of drug-likeness (QED) is 0.672. The van der Waals surface area contributed by atoms with E-state index in [-0.39, 0.29) is 5.54 Å².